The number of rotatable bonds is 5. The lowest BCUT2D eigenvalue weighted by atomic mass is 9.89. The van der Waals surface area contributed by atoms with Gasteiger partial charge in [0.1, 0.15) is 4.88 Å². The van der Waals surface area contributed by atoms with Crippen LogP contribution in [0.4, 0.5) is 5.69 Å². The fourth-order valence-electron chi connectivity index (χ4n) is 3.78. The molecule has 3 rings (SSSR count). The number of carbonyl (C=O) groups is 2. The van der Waals surface area contributed by atoms with Crippen LogP contribution in [0.5, 0.6) is 0 Å². The van der Waals surface area contributed by atoms with Gasteiger partial charge in [0.2, 0.25) is 5.91 Å². The van der Waals surface area contributed by atoms with E-state index < -0.39 is 5.97 Å². The minimum absolute atomic E-state index is 0.00717. The molecule has 0 radical (unpaired) electrons. The predicted molar refractivity (Wildman–Crippen MR) is 109 cm³/mol. The highest BCUT2D eigenvalue weighted by Gasteiger charge is 2.34. The molecule has 1 amide bonds. The summed E-state index contributed by atoms with van der Waals surface area (Å²) in [6, 6.07) is 2.20. The first-order chi connectivity index (χ1) is 13.2. The Balaban J connectivity index is 1.90. The normalized spacial score (nSPS) is 20.1. The topological polar surface area (TPSA) is 88.3 Å². The van der Waals surface area contributed by atoms with Gasteiger partial charge in [-0.05, 0) is 37.2 Å². The van der Waals surface area contributed by atoms with Gasteiger partial charge in [-0.3, -0.25) is 4.79 Å². The minimum atomic E-state index is -0.972. The van der Waals surface area contributed by atoms with Crippen LogP contribution in [0.2, 0.25) is 0 Å². The molecule has 2 heterocycles. The maximum Gasteiger partial charge on any atom is 0.348 e. The van der Waals surface area contributed by atoms with Crippen LogP contribution in [0.15, 0.2) is 18.5 Å². The molecule has 7 nitrogen and oxygen atoms in total. The predicted octanol–water partition coefficient (Wildman–Crippen LogP) is 4.26. The molecule has 0 atom stereocenters. The van der Waals surface area contributed by atoms with Gasteiger partial charge in [-0.15, -0.1) is 16.4 Å². The lowest BCUT2D eigenvalue weighted by Crippen LogP contribution is -2.43. The Morgan fingerprint density at radius 3 is 2.46 bits per heavy atom. The van der Waals surface area contributed by atoms with E-state index in [-0.39, 0.29) is 28.3 Å². The summed E-state index contributed by atoms with van der Waals surface area (Å²) in [7, 11) is 0. The first-order valence-corrected chi connectivity index (χ1v) is 10.6. The zero-order chi connectivity index (χ0) is 20.5. The highest BCUT2D eigenvalue weighted by atomic mass is 32.1. The van der Waals surface area contributed by atoms with E-state index in [1.54, 1.807) is 11.1 Å². The van der Waals surface area contributed by atoms with Crippen LogP contribution in [0.3, 0.4) is 0 Å². The van der Waals surface area contributed by atoms with Gasteiger partial charge in [0.05, 0.1) is 17.9 Å². The fraction of sp³-hybridized carbons (Fsp3) is 0.600. The van der Waals surface area contributed by atoms with E-state index in [4.69, 9.17) is 0 Å². The number of amides is 1. The molecule has 0 spiro atoms. The average Bonchev–Trinajstić information content (AvgIpc) is 3.32. The lowest BCUT2D eigenvalue weighted by molar-refractivity contribution is -0.119. The molecule has 152 valence electrons. The van der Waals surface area contributed by atoms with Gasteiger partial charge in [0.25, 0.3) is 0 Å². The molecule has 0 bridgehead atoms. The van der Waals surface area contributed by atoms with Crippen molar-refractivity contribution in [3.63, 3.8) is 0 Å². The van der Waals surface area contributed by atoms with Gasteiger partial charge in [-0.25, -0.2) is 9.48 Å². The quantitative estimate of drug-likeness (QED) is 0.804. The first kappa shape index (κ1) is 20.5. The Bertz CT molecular complexity index is 830. The third-order valence-corrected chi connectivity index (χ3v) is 6.86. The van der Waals surface area contributed by atoms with Crippen molar-refractivity contribution in [1.82, 2.24) is 15.0 Å². The van der Waals surface area contributed by atoms with Crippen LogP contribution in [0, 0.1) is 0 Å². The van der Waals surface area contributed by atoms with Crippen LogP contribution in [0.25, 0.3) is 0 Å². The Kier molecular flexibility index (Phi) is 5.88. The summed E-state index contributed by atoms with van der Waals surface area (Å²) >= 11 is 1.28. The summed E-state index contributed by atoms with van der Waals surface area (Å²) in [5.41, 5.74) is 0.386. The second-order valence-corrected chi connectivity index (χ2v) is 9.40. The molecule has 1 aliphatic carbocycles. The van der Waals surface area contributed by atoms with Gasteiger partial charge in [-0.2, -0.15) is 0 Å². The van der Waals surface area contributed by atoms with Crippen molar-refractivity contribution in [2.45, 2.75) is 77.3 Å². The van der Waals surface area contributed by atoms with E-state index >= 15 is 0 Å². The van der Waals surface area contributed by atoms with Gasteiger partial charge in [0, 0.05) is 23.5 Å². The highest BCUT2D eigenvalue weighted by Crippen LogP contribution is 2.41. The van der Waals surface area contributed by atoms with Gasteiger partial charge in [-0.1, -0.05) is 32.9 Å². The summed E-state index contributed by atoms with van der Waals surface area (Å²) in [5.74, 6) is -0.995. The molecule has 1 saturated carbocycles. The standard InChI is InChI=1S/C20H28N4O3S/c1-5-17(25)24(14-8-6-13(7-9-14)23-11-10-21-22-23)15-12-16(20(2,3)4)28-18(15)19(26)27/h10-14H,5-9H2,1-4H3,(H,26,27). The van der Waals surface area contributed by atoms with Crippen LogP contribution in [-0.2, 0) is 10.2 Å². The number of nitrogens with zero attached hydrogens (tertiary/aromatic N) is 4. The van der Waals surface area contributed by atoms with Crippen molar-refractivity contribution in [3.05, 3.63) is 28.2 Å². The zero-order valence-corrected chi connectivity index (χ0v) is 17.7. The van der Waals surface area contributed by atoms with Gasteiger partial charge in [0.15, 0.2) is 0 Å². The molecule has 2 aromatic heterocycles. The van der Waals surface area contributed by atoms with Gasteiger partial charge < -0.3 is 10.0 Å². The molecule has 2 aromatic rings. The van der Waals surface area contributed by atoms with Crippen LogP contribution in [0.1, 0.15) is 80.4 Å². The number of carboxylic acid groups (broad SMARTS) is 1. The van der Waals surface area contributed by atoms with Crippen molar-refractivity contribution < 1.29 is 14.7 Å². The fourth-order valence-corrected chi connectivity index (χ4v) is 4.83. The number of hydrogen-bond donors (Lipinski definition) is 1. The monoisotopic (exact) mass is 404 g/mol. The largest absolute Gasteiger partial charge is 0.477 e. The van der Waals surface area contributed by atoms with Crippen molar-refractivity contribution in [3.8, 4) is 0 Å². The maximum atomic E-state index is 12.9. The molecule has 0 saturated heterocycles. The van der Waals surface area contributed by atoms with Crippen molar-refractivity contribution in [2.24, 2.45) is 0 Å². The van der Waals surface area contributed by atoms with E-state index in [0.29, 0.717) is 12.1 Å². The molecular formula is C20H28N4O3S. The number of thiophene rings is 1. The Morgan fingerprint density at radius 1 is 1.29 bits per heavy atom. The Labute approximate surface area is 169 Å². The molecule has 1 aliphatic rings. The number of aromatic carboxylic acids is 1. The van der Waals surface area contributed by atoms with Crippen LogP contribution < -0.4 is 4.90 Å². The molecule has 1 fully saturated rings. The zero-order valence-electron chi connectivity index (χ0n) is 16.9. The SMILES string of the molecule is CCC(=O)N(c1cc(C(C)(C)C)sc1C(=O)O)C1CCC(n2ccnn2)CC1. The summed E-state index contributed by atoms with van der Waals surface area (Å²) in [5, 5.41) is 17.7. The van der Waals surface area contributed by atoms with Crippen LogP contribution >= 0.6 is 11.3 Å². The van der Waals surface area contributed by atoms with Crippen molar-refractivity contribution in [2.75, 3.05) is 4.90 Å². The lowest BCUT2D eigenvalue weighted by Gasteiger charge is -2.36. The van der Waals surface area contributed by atoms with E-state index in [9.17, 15) is 14.7 Å². The summed E-state index contributed by atoms with van der Waals surface area (Å²) in [6.45, 7) is 8.00. The molecule has 28 heavy (non-hydrogen) atoms. The summed E-state index contributed by atoms with van der Waals surface area (Å²) in [4.78, 5) is 27.8. The maximum absolute atomic E-state index is 12.9. The van der Waals surface area contributed by atoms with Crippen molar-refractivity contribution >= 4 is 28.9 Å². The number of anilines is 1. The molecule has 8 heteroatoms. The average molecular weight is 405 g/mol. The van der Waals surface area contributed by atoms with E-state index in [1.807, 2.05) is 23.9 Å². The molecule has 0 aromatic carbocycles. The molecule has 0 aliphatic heterocycles. The minimum Gasteiger partial charge on any atom is -0.477 e. The highest BCUT2D eigenvalue weighted by molar-refractivity contribution is 7.14. The third kappa shape index (κ3) is 4.11. The summed E-state index contributed by atoms with van der Waals surface area (Å²) < 4.78 is 1.88. The number of carboxylic acids is 1. The van der Waals surface area contributed by atoms with Crippen molar-refractivity contribution in [1.29, 1.82) is 0 Å². The second-order valence-electron chi connectivity index (χ2n) is 8.34. The molecule has 0 unspecified atom stereocenters. The number of hydrogen-bond acceptors (Lipinski definition) is 5. The van der Waals surface area contributed by atoms with E-state index in [2.05, 4.69) is 31.1 Å². The smallest absolute Gasteiger partial charge is 0.348 e. The second kappa shape index (κ2) is 8.03. The Morgan fingerprint density at radius 2 is 1.96 bits per heavy atom. The number of carbonyl (C=O) groups excluding carboxylic acids is 1. The molecule has 1 N–H and O–H groups in total. The molecular weight excluding hydrogens is 376 g/mol. The first-order valence-electron chi connectivity index (χ1n) is 9.77. The summed E-state index contributed by atoms with van der Waals surface area (Å²) in [6.07, 6.45) is 7.31. The van der Waals surface area contributed by atoms with Crippen LogP contribution in [-0.4, -0.2) is 38.0 Å². The Hall–Kier alpha value is -2.22. The third-order valence-electron chi connectivity index (χ3n) is 5.32. The van der Waals surface area contributed by atoms with E-state index in [1.165, 1.54) is 11.3 Å². The number of aromatic nitrogens is 3. The van der Waals surface area contributed by atoms with Gasteiger partial charge >= 0.3 is 5.97 Å². The van der Waals surface area contributed by atoms with E-state index in [0.717, 1.165) is 30.6 Å².